The average Bonchev–Trinajstić information content (AvgIpc) is 3.14. The van der Waals surface area contributed by atoms with E-state index in [9.17, 15) is 4.79 Å². The Balaban J connectivity index is 2.07. The molecule has 3 rings (SSSR count). The Labute approximate surface area is 166 Å². The second kappa shape index (κ2) is 8.15. The van der Waals surface area contributed by atoms with Gasteiger partial charge in [0.25, 0.3) is 5.91 Å². The molecule has 0 fully saturated rings. The molecule has 0 unspecified atom stereocenters. The van der Waals surface area contributed by atoms with Gasteiger partial charge in [-0.15, -0.1) is 0 Å². The maximum absolute atomic E-state index is 12.5. The Morgan fingerprint density at radius 1 is 1.28 bits per heavy atom. The number of aromatic nitrogens is 4. The standard InChI is InChI=1S/C19H17N9O/c1-12(6-20)26-16-5-17(22-10-15(16)19(29)24-11-27(2)3)28-18-14(9-25-28)4-13(7-21)8-23-18/h4-5,8-12H,1-3H3,(H,22,26)/b24-11+/t12-/m1/s1. The Morgan fingerprint density at radius 3 is 2.76 bits per heavy atom. The molecule has 1 atom stereocenters. The van der Waals surface area contributed by atoms with Crippen LogP contribution in [0.3, 0.4) is 0 Å². The van der Waals surface area contributed by atoms with Crippen LogP contribution in [0.1, 0.15) is 22.8 Å². The van der Waals surface area contributed by atoms with E-state index in [-0.39, 0.29) is 5.56 Å². The third-order valence-corrected chi connectivity index (χ3v) is 3.85. The molecule has 0 saturated heterocycles. The lowest BCUT2D eigenvalue weighted by Gasteiger charge is -2.13. The molecule has 3 heterocycles. The minimum absolute atomic E-state index is 0.227. The summed E-state index contributed by atoms with van der Waals surface area (Å²) in [5.74, 6) is -0.0921. The molecule has 144 valence electrons. The van der Waals surface area contributed by atoms with Crippen LogP contribution in [-0.4, -0.2) is 57.0 Å². The number of rotatable bonds is 5. The first kappa shape index (κ1) is 19.5. The summed E-state index contributed by atoms with van der Waals surface area (Å²) in [5, 5.41) is 26.1. The van der Waals surface area contributed by atoms with E-state index in [1.54, 1.807) is 44.2 Å². The summed E-state index contributed by atoms with van der Waals surface area (Å²) >= 11 is 0. The van der Waals surface area contributed by atoms with Gasteiger partial charge in [0, 0.05) is 37.9 Å². The van der Waals surface area contributed by atoms with Crippen molar-refractivity contribution in [2.75, 3.05) is 19.4 Å². The third-order valence-electron chi connectivity index (χ3n) is 3.85. The molecule has 0 aromatic carbocycles. The van der Waals surface area contributed by atoms with Crippen molar-refractivity contribution in [2.45, 2.75) is 13.0 Å². The number of carbonyl (C=O) groups is 1. The average molecular weight is 387 g/mol. The van der Waals surface area contributed by atoms with E-state index in [0.29, 0.717) is 28.1 Å². The quantitative estimate of drug-likeness (QED) is 0.516. The molecule has 0 saturated carbocycles. The van der Waals surface area contributed by atoms with E-state index in [2.05, 4.69) is 31.4 Å². The molecule has 0 aliphatic carbocycles. The molecular formula is C19H17N9O. The van der Waals surface area contributed by atoms with Crippen molar-refractivity contribution in [3.05, 3.63) is 41.9 Å². The number of aliphatic imine (C=N–C) groups is 1. The van der Waals surface area contributed by atoms with E-state index >= 15 is 0 Å². The number of hydrogen-bond donors (Lipinski definition) is 1. The predicted octanol–water partition coefficient (Wildman–Crippen LogP) is 1.74. The van der Waals surface area contributed by atoms with Crippen LogP contribution in [0.25, 0.3) is 16.9 Å². The minimum atomic E-state index is -0.541. The van der Waals surface area contributed by atoms with Crippen molar-refractivity contribution in [3.8, 4) is 18.0 Å². The molecular weight excluding hydrogens is 370 g/mol. The number of nitrogens with zero attached hydrogens (tertiary/aromatic N) is 8. The number of hydrogen-bond acceptors (Lipinski definition) is 7. The SMILES string of the molecule is C[C@H](C#N)Nc1cc(-n2ncc3cc(C#N)cnc32)ncc1C(=O)/N=C/N(C)C. The van der Waals surface area contributed by atoms with Gasteiger partial charge in [-0.2, -0.15) is 25.3 Å². The zero-order valence-electron chi connectivity index (χ0n) is 16.0. The van der Waals surface area contributed by atoms with Gasteiger partial charge in [0.2, 0.25) is 0 Å². The molecule has 0 aliphatic heterocycles. The Morgan fingerprint density at radius 2 is 2.07 bits per heavy atom. The Kier molecular flexibility index (Phi) is 5.47. The lowest BCUT2D eigenvalue weighted by atomic mass is 10.2. The van der Waals surface area contributed by atoms with Crippen LogP contribution in [0.5, 0.6) is 0 Å². The van der Waals surface area contributed by atoms with Crippen LogP contribution in [0.15, 0.2) is 35.7 Å². The zero-order chi connectivity index (χ0) is 21.0. The van der Waals surface area contributed by atoms with Gasteiger partial charge >= 0.3 is 0 Å². The van der Waals surface area contributed by atoms with Crippen molar-refractivity contribution in [3.63, 3.8) is 0 Å². The molecule has 0 spiro atoms. The highest BCUT2D eigenvalue weighted by molar-refractivity contribution is 6.03. The van der Waals surface area contributed by atoms with E-state index in [4.69, 9.17) is 10.5 Å². The van der Waals surface area contributed by atoms with E-state index in [1.165, 1.54) is 23.4 Å². The molecule has 0 aliphatic rings. The second-order valence-electron chi connectivity index (χ2n) is 6.40. The van der Waals surface area contributed by atoms with Gasteiger partial charge in [-0.05, 0) is 13.0 Å². The van der Waals surface area contributed by atoms with Crippen molar-refractivity contribution >= 4 is 29.0 Å². The number of fused-ring (bicyclic) bond motifs is 1. The number of nitrogens with one attached hydrogen (secondary N) is 1. The highest BCUT2D eigenvalue weighted by Gasteiger charge is 2.16. The van der Waals surface area contributed by atoms with E-state index in [1.807, 2.05) is 6.07 Å². The van der Waals surface area contributed by atoms with Crippen molar-refractivity contribution in [1.29, 1.82) is 10.5 Å². The van der Waals surface area contributed by atoms with Crippen LogP contribution < -0.4 is 5.32 Å². The van der Waals surface area contributed by atoms with Crippen molar-refractivity contribution in [2.24, 2.45) is 4.99 Å². The largest absolute Gasteiger partial charge is 0.369 e. The van der Waals surface area contributed by atoms with Crippen molar-refractivity contribution in [1.82, 2.24) is 24.6 Å². The molecule has 10 heteroatoms. The molecule has 1 amide bonds. The van der Waals surface area contributed by atoms with Gasteiger partial charge in [0.05, 0.1) is 35.4 Å². The zero-order valence-corrected chi connectivity index (χ0v) is 16.0. The van der Waals surface area contributed by atoms with E-state index in [0.717, 1.165) is 0 Å². The maximum Gasteiger partial charge on any atom is 0.282 e. The lowest BCUT2D eigenvalue weighted by molar-refractivity contribution is 0.100. The molecule has 3 aromatic heterocycles. The number of carbonyl (C=O) groups excluding carboxylic acids is 1. The molecule has 29 heavy (non-hydrogen) atoms. The second-order valence-corrected chi connectivity index (χ2v) is 6.40. The maximum atomic E-state index is 12.5. The first-order valence-electron chi connectivity index (χ1n) is 8.58. The first-order valence-corrected chi connectivity index (χ1v) is 8.58. The summed E-state index contributed by atoms with van der Waals surface area (Å²) in [6.07, 6.45) is 5.81. The third kappa shape index (κ3) is 4.17. The van der Waals surface area contributed by atoms with Gasteiger partial charge in [-0.3, -0.25) is 4.79 Å². The summed E-state index contributed by atoms with van der Waals surface area (Å²) in [7, 11) is 3.51. The lowest BCUT2D eigenvalue weighted by Crippen LogP contribution is -2.17. The Bertz CT molecular complexity index is 1180. The molecule has 0 radical (unpaired) electrons. The minimum Gasteiger partial charge on any atom is -0.369 e. The van der Waals surface area contributed by atoms with Gasteiger partial charge in [0.15, 0.2) is 11.5 Å². The van der Waals surface area contributed by atoms with Crippen LogP contribution in [-0.2, 0) is 0 Å². The topological polar surface area (TPSA) is 136 Å². The summed E-state index contributed by atoms with van der Waals surface area (Å²) in [6.45, 7) is 1.67. The first-order chi connectivity index (χ1) is 13.9. The smallest absolute Gasteiger partial charge is 0.282 e. The normalized spacial score (nSPS) is 11.8. The van der Waals surface area contributed by atoms with Crippen LogP contribution in [0, 0.1) is 22.7 Å². The highest BCUT2D eigenvalue weighted by atomic mass is 16.1. The molecule has 10 nitrogen and oxygen atoms in total. The predicted molar refractivity (Wildman–Crippen MR) is 107 cm³/mol. The van der Waals surface area contributed by atoms with Gasteiger partial charge in [0.1, 0.15) is 12.1 Å². The summed E-state index contributed by atoms with van der Waals surface area (Å²) < 4.78 is 1.50. The fourth-order valence-corrected chi connectivity index (χ4v) is 2.50. The number of amides is 1. The summed E-state index contributed by atoms with van der Waals surface area (Å²) in [5.41, 5.74) is 1.57. The number of anilines is 1. The summed E-state index contributed by atoms with van der Waals surface area (Å²) in [6, 6.07) is 6.85. The number of nitriles is 2. The highest BCUT2D eigenvalue weighted by Crippen LogP contribution is 2.22. The molecule has 3 aromatic rings. The van der Waals surface area contributed by atoms with Gasteiger partial charge in [-0.25, -0.2) is 9.97 Å². The van der Waals surface area contributed by atoms with Gasteiger partial charge in [-0.1, -0.05) is 0 Å². The van der Waals surface area contributed by atoms with Crippen LogP contribution in [0.4, 0.5) is 5.69 Å². The molecule has 0 bridgehead atoms. The number of pyridine rings is 2. The summed E-state index contributed by atoms with van der Waals surface area (Å²) in [4.78, 5) is 26.6. The fourth-order valence-electron chi connectivity index (χ4n) is 2.50. The van der Waals surface area contributed by atoms with E-state index < -0.39 is 11.9 Å². The monoisotopic (exact) mass is 387 g/mol. The van der Waals surface area contributed by atoms with Crippen LogP contribution >= 0.6 is 0 Å². The fraction of sp³-hybridized carbons (Fsp3) is 0.211. The van der Waals surface area contributed by atoms with Crippen molar-refractivity contribution < 1.29 is 4.79 Å². The Hall–Kier alpha value is -4.31. The van der Waals surface area contributed by atoms with Gasteiger partial charge < -0.3 is 10.2 Å². The molecule has 1 N–H and O–H groups in total. The van der Waals surface area contributed by atoms with Crippen LogP contribution in [0.2, 0.25) is 0 Å².